The number of thiophene rings is 1. The van der Waals surface area contributed by atoms with Gasteiger partial charge in [0.05, 0.1) is 5.56 Å². The minimum Gasteiger partial charge on any atom is -0.350 e. The van der Waals surface area contributed by atoms with Gasteiger partial charge in [-0.25, -0.2) is 4.98 Å². The van der Waals surface area contributed by atoms with Crippen LogP contribution in [-0.4, -0.2) is 29.1 Å². The molecule has 1 atom stereocenters. The summed E-state index contributed by atoms with van der Waals surface area (Å²) >= 11 is 1.60. The number of aromatic nitrogens is 2. The highest BCUT2D eigenvalue weighted by Crippen LogP contribution is 2.17. The topological polar surface area (TPSA) is 84.8 Å². The Morgan fingerprint density at radius 3 is 3.27 bits per heavy atom. The first-order valence-corrected chi connectivity index (χ1v) is 8.14. The Morgan fingerprint density at radius 2 is 2.50 bits per heavy atom. The predicted molar refractivity (Wildman–Crippen MR) is 86.0 cm³/mol. The van der Waals surface area contributed by atoms with Gasteiger partial charge in [-0.05, 0) is 18.9 Å². The zero-order chi connectivity index (χ0) is 15.4. The van der Waals surface area contributed by atoms with E-state index in [1.165, 1.54) is 0 Å². The van der Waals surface area contributed by atoms with E-state index in [1.54, 1.807) is 23.7 Å². The summed E-state index contributed by atoms with van der Waals surface area (Å²) in [7, 11) is 0. The number of nitrogens with one attached hydrogen (secondary N) is 2. The third-order valence-electron chi connectivity index (χ3n) is 3.76. The molecule has 1 fully saturated rings. The van der Waals surface area contributed by atoms with E-state index in [4.69, 9.17) is 5.26 Å². The number of anilines is 1. The van der Waals surface area contributed by atoms with Crippen molar-refractivity contribution in [2.75, 3.05) is 18.0 Å². The predicted octanol–water partition coefficient (Wildman–Crippen LogP) is 1.46. The molecule has 0 unspecified atom stereocenters. The van der Waals surface area contributed by atoms with Crippen molar-refractivity contribution in [3.05, 3.63) is 44.6 Å². The second kappa shape index (κ2) is 6.73. The van der Waals surface area contributed by atoms with Crippen LogP contribution in [0.5, 0.6) is 0 Å². The zero-order valence-electron chi connectivity index (χ0n) is 12.1. The van der Waals surface area contributed by atoms with E-state index in [1.807, 2.05) is 16.3 Å². The fourth-order valence-electron chi connectivity index (χ4n) is 2.68. The lowest BCUT2D eigenvalue weighted by molar-refractivity contribution is 0.420. The van der Waals surface area contributed by atoms with Gasteiger partial charge >= 0.3 is 0 Å². The van der Waals surface area contributed by atoms with Crippen molar-refractivity contribution in [1.82, 2.24) is 15.3 Å². The molecule has 114 valence electrons. The van der Waals surface area contributed by atoms with Crippen molar-refractivity contribution in [3.63, 3.8) is 0 Å². The Labute approximate surface area is 132 Å². The van der Waals surface area contributed by atoms with Gasteiger partial charge in [0.15, 0.2) is 5.82 Å². The van der Waals surface area contributed by atoms with E-state index >= 15 is 0 Å². The highest BCUT2D eigenvalue weighted by atomic mass is 32.1. The molecule has 7 heteroatoms. The molecule has 22 heavy (non-hydrogen) atoms. The number of rotatable bonds is 4. The molecule has 1 saturated heterocycles. The maximum atomic E-state index is 11.8. The summed E-state index contributed by atoms with van der Waals surface area (Å²) in [6, 6.07) is 4.39. The Bertz CT molecular complexity index is 732. The SMILES string of the molecule is N#Cc1csc(CN[C@@H]2CCCN(c3ncc[nH]c3=O)C2)c1. The summed E-state index contributed by atoms with van der Waals surface area (Å²) in [5, 5.41) is 14.2. The molecule has 1 aliphatic heterocycles. The molecule has 2 aromatic heterocycles. The molecule has 1 aliphatic rings. The van der Waals surface area contributed by atoms with Gasteiger partial charge in [0.25, 0.3) is 5.56 Å². The van der Waals surface area contributed by atoms with Gasteiger partial charge in [-0.15, -0.1) is 11.3 Å². The fraction of sp³-hybridized carbons (Fsp3) is 0.400. The molecule has 2 N–H and O–H groups in total. The normalized spacial score (nSPS) is 18.1. The van der Waals surface area contributed by atoms with Crippen molar-refractivity contribution < 1.29 is 0 Å². The van der Waals surface area contributed by atoms with Crippen molar-refractivity contribution in [3.8, 4) is 6.07 Å². The average Bonchev–Trinajstić information content (AvgIpc) is 3.02. The van der Waals surface area contributed by atoms with E-state index in [2.05, 4.69) is 21.4 Å². The largest absolute Gasteiger partial charge is 0.350 e. The van der Waals surface area contributed by atoms with Crippen LogP contribution in [-0.2, 0) is 6.54 Å². The van der Waals surface area contributed by atoms with Gasteiger partial charge in [0.2, 0.25) is 0 Å². The van der Waals surface area contributed by atoms with Crippen LogP contribution in [0.2, 0.25) is 0 Å². The van der Waals surface area contributed by atoms with Gasteiger partial charge < -0.3 is 15.2 Å². The summed E-state index contributed by atoms with van der Waals surface area (Å²) in [6.45, 7) is 2.38. The van der Waals surface area contributed by atoms with Crippen LogP contribution >= 0.6 is 11.3 Å². The molecule has 0 spiro atoms. The maximum absolute atomic E-state index is 11.8. The van der Waals surface area contributed by atoms with Crippen molar-refractivity contribution >= 4 is 17.2 Å². The summed E-state index contributed by atoms with van der Waals surface area (Å²) in [4.78, 5) is 21.9. The number of nitriles is 1. The van der Waals surface area contributed by atoms with E-state index < -0.39 is 0 Å². The molecule has 0 aliphatic carbocycles. The zero-order valence-corrected chi connectivity index (χ0v) is 12.9. The van der Waals surface area contributed by atoms with Crippen LogP contribution < -0.4 is 15.8 Å². The van der Waals surface area contributed by atoms with E-state index in [0.29, 0.717) is 17.4 Å². The monoisotopic (exact) mass is 315 g/mol. The number of nitrogens with zero attached hydrogens (tertiary/aromatic N) is 3. The fourth-order valence-corrected chi connectivity index (χ4v) is 3.44. The maximum Gasteiger partial charge on any atom is 0.290 e. The number of H-pyrrole nitrogens is 1. The average molecular weight is 315 g/mol. The van der Waals surface area contributed by atoms with Gasteiger partial charge in [0, 0.05) is 48.3 Å². The molecule has 6 nitrogen and oxygen atoms in total. The van der Waals surface area contributed by atoms with E-state index in [9.17, 15) is 4.79 Å². The summed E-state index contributed by atoms with van der Waals surface area (Å²) < 4.78 is 0. The molecule has 0 radical (unpaired) electrons. The molecule has 0 aromatic carbocycles. The van der Waals surface area contributed by atoms with Crippen LogP contribution in [0.1, 0.15) is 23.3 Å². The number of hydrogen-bond acceptors (Lipinski definition) is 6. The summed E-state index contributed by atoms with van der Waals surface area (Å²) in [6.07, 6.45) is 5.28. The van der Waals surface area contributed by atoms with Crippen LogP contribution in [0.15, 0.2) is 28.6 Å². The van der Waals surface area contributed by atoms with Gasteiger partial charge in [-0.2, -0.15) is 5.26 Å². The minimum absolute atomic E-state index is 0.139. The smallest absolute Gasteiger partial charge is 0.290 e. The van der Waals surface area contributed by atoms with Crippen LogP contribution in [0.3, 0.4) is 0 Å². The molecule has 0 amide bonds. The lowest BCUT2D eigenvalue weighted by atomic mass is 10.1. The van der Waals surface area contributed by atoms with Crippen LogP contribution in [0.4, 0.5) is 5.82 Å². The number of aromatic amines is 1. The van der Waals surface area contributed by atoms with Crippen molar-refractivity contribution in [2.24, 2.45) is 0 Å². The molecule has 0 bridgehead atoms. The third kappa shape index (κ3) is 3.35. The first-order valence-electron chi connectivity index (χ1n) is 7.26. The number of hydrogen-bond donors (Lipinski definition) is 2. The second-order valence-electron chi connectivity index (χ2n) is 5.32. The molecule has 3 rings (SSSR count). The van der Waals surface area contributed by atoms with Crippen molar-refractivity contribution in [1.29, 1.82) is 5.26 Å². The first-order chi connectivity index (χ1) is 10.8. The molecule has 3 heterocycles. The molecular formula is C15H17N5OS. The lowest BCUT2D eigenvalue weighted by Crippen LogP contribution is -2.47. The van der Waals surface area contributed by atoms with Gasteiger partial charge in [-0.3, -0.25) is 4.79 Å². The highest BCUT2D eigenvalue weighted by molar-refractivity contribution is 7.10. The molecule has 0 saturated carbocycles. The number of piperidine rings is 1. The molecule has 2 aromatic rings. The Kier molecular flexibility index (Phi) is 4.51. The Balaban J connectivity index is 1.60. The highest BCUT2D eigenvalue weighted by Gasteiger charge is 2.22. The van der Waals surface area contributed by atoms with E-state index in [-0.39, 0.29) is 5.56 Å². The van der Waals surface area contributed by atoms with E-state index in [0.717, 1.165) is 37.4 Å². The standard InChI is InChI=1S/C15H17N5OS/c16-7-11-6-13(22-10-11)8-19-12-2-1-5-20(9-12)14-15(21)18-4-3-17-14/h3-4,6,10,12,19H,1-2,5,8-9H2,(H,18,21)/t12-/m1/s1. The first kappa shape index (κ1) is 14.8. The van der Waals surface area contributed by atoms with Crippen LogP contribution in [0, 0.1) is 11.3 Å². The van der Waals surface area contributed by atoms with Gasteiger partial charge in [-0.1, -0.05) is 0 Å². The molecular weight excluding hydrogens is 298 g/mol. The van der Waals surface area contributed by atoms with Gasteiger partial charge in [0.1, 0.15) is 6.07 Å². The third-order valence-corrected chi connectivity index (χ3v) is 4.69. The van der Waals surface area contributed by atoms with Crippen LogP contribution in [0.25, 0.3) is 0 Å². The minimum atomic E-state index is -0.139. The summed E-state index contributed by atoms with van der Waals surface area (Å²) in [5.74, 6) is 0.497. The van der Waals surface area contributed by atoms with Crippen molar-refractivity contribution in [2.45, 2.75) is 25.4 Å². The quantitative estimate of drug-likeness (QED) is 0.892. The summed E-state index contributed by atoms with van der Waals surface area (Å²) in [5.41, 5.74) is 0.576. The second-order valence-corrected chi connectivity index (χ2v) is 6.32. The Hall–Kier alpha value is -2.17. The Morgan fingerprint density at radius 1 is 1.59 bits per heavy atom. The lowest BCUT2D eigenvalue weighted by Gasteiger charge is -2.33.